The topological polar surface area (TPSA) is 44.8 Å². The first-order valence-corrected chi connectivity index (χ1v) is 20.9. The first-order chi connectivity index (χ1) is 25.1. The molecule has 5 fully saturated rings. The van der Waals surface area contributed by atoms with Crippen molar-refractivity contribution < 1.29 is 61.9 Å². The third kappa shape index (κ3) is 8.11. The molecule has 0 N–H and O–H groups in total. The Morgan fingerprint density at radius 3 is 2.31 bits per heavy atom. The van der Waals surface area contributed by atoms with Gasteiger partial charge < -0.3 is 57.1 Å². The largest absolute Gasteiger partial charge is 1.00 e. The van der Waals surface area contributed by atoms with E-state index in [4.69, 9.17) is 14.2 Å². The molecule has 54 heavy (non-hydrogen) atoms. The highest BCUT2D eigenvalue weighted by atomic mass is 79.9. The molecular weight excluding hydrogens is 804 g/mol. The van der Waals surface area contributed by atoms with Crippen LogP contribution in [0, 0.1) is 28.6 Å². The van der Waals surface area contributed by atoms with Gasteiger partial charge in [0.1, 0.15) is 19.3 Å². The lowest BCUT2D eigenvalue weighted by Crippen LogP contribution is -3.00. The van der Waals surface area contributed by atoms with Crippen LogP contribution in [0.1, 0.15) is 103 Å². The Hall–Kier alpha value is -1.87. The number of likely N-dealkylation sites (tertiary alicyclic amines) is 2. The number of hydrogen-bond donors (Lipinski definition) is 0. The molecular formula is C46H68Br2N2O4. The van der Waals surface area contributed by atoms with Crippen molar-refractivity contribution in [3.05, 3.63) is 66.3 Å². The number of carbonyl (C=O) groups is 1. The maximum atomic E-state index is 12.7. The third-order valence-corrected chi connectivity index (χ3v) is 15.6. The van der Waals surface area contributed by atoms with Gasteiger partial charge in [0, 0.05) is 38.0 Å². The zero-order valence-electron chi connectivity index (χ0n) is 33.8. The second-order valence-corrected chi connectivity index (χ2v) is 18.3. The van der Waals surface area contributed by atoms with E-state index in [9.17, 15) is 4.79 Å². The summed E-state index contributed by atoms with van der Waals surface area (Å²) < 4.78 is 20.9. The number of esters is 1. The number of carbonyl (C=O) groups excluding carboxylic acids is 1. The Balaban J connectivity index is 0.00000280. The van der Waals surface area contributed by atoms with Crippen molar-refractivity contribution in [3.8, 4) is 11.5 Å². The van der Waals surface area contributed by atoms with Crippen LogP contribution in [0.25, 0.3) is 6.08 Å². The minimum atomic E-state index is -0.195. The summed E-state index contributed by atoms with van der Waals surface area (Å²) in [6, 6.07) is 7.06. The fraction of sp³-hybridized carbons (Fsp3) is 0.674. The van der Waals surface area contributed by atoms with Crippen molar-refractivity contribution in [2.24, 2.45) is 28.6 Å². The van der Waals surface area contributed by atoms with Gasteiger partial charge in [-0.05, 0) is 110 Å². The van der Waals surface area contributed by atoms with Crippen LogP contribution in [0.3, 0.4) is 0 Å². The van der Waals surface area contributed by atoms with Gasteiger partial charge in [0.2, 0.25) is 0 Å². The normalized spacial score (nSPS) is 34.1. The number of allylic oxidation sites excluding steroid dienone is 1. The van der Waals surface area contributed by atoms with Crippen LogP contribution in [0.4, 0.5) is 0 Å². The lowest BCUT2D eigenvalue weighted by molar-refractivity contribution is -0.936. The quantitative estimate of drug-likeness (QED) is 0.184. The van der Waals surface area contributed by atoms with E-state index >= 15 is 0 Å². The second kappa shape index (κ2) is 17.7. The predicted octanol–water partition coefficient (Wildman–Crippen LogP) is 3.32. The Morgan fingerprint density at radius 2 is 1.63 bits per heavy atom. The molecule has 2 heterocycles. The molecule has 7 rings (SSSR count). The number of rotatable bonds is 12. The molecule has 2 saturated heterocycles. The van der Waals surface area contributed by atoms with Gasteiger partial charge in [-0.1, -0.05) is 50.8 Å². The van der Waals surface area contributed by atoms with E-state index in [0.29, 0.717) is 24.4 Å². The summed E-state index contributed by atoms with van der Waals surface area (Å²) in [5.74, 6) is 3.19. The number of ether oxygens (including phenoxy) is 3. The molecule has 0 unspecified atom stereocenters. The average molecular weight is 873 g/mol. The molecule has 1 aromatic carbocycles. The highest BCUT2D eigenvalue weighted by Gasteiger charge is 2.61. The van der Waals surface area contributed by atoms with Gasteiger partial charge in [-0.15, -0.1) is 0 Å². The molecule has 0 spiro atoms. The van der Waals surface area contributed by atoms with Crippen molar-refractivity contribution in [1.82, 2.24) is 0 Å². The van der Waals surface area contributed by atoms with Gasteiger partial charge in [0.05, 0.1) is 52.4 Å². The minimum Gasteiger partial charge on any atom is -1.00 e. The molecule has 0 bridgehead atoms. The van der Waals surface area contributed by atoms with Crippen molar-refractivity contribution in [1.29, 1.82) is 0 Å². The molecule has 8 heteroatoms. The molecule has 0 amide bonds. The van der Waals surface area contributed by atoms with Crippen molar-refractivity contribution >= 4 is 12.0 Å². The van der Waals surface area contributed by atoms with Gasteiger partial charge in [-0.25, -0.2) is 0 Å². The van der Waals surface area contributed by atoms with Crippen LogP contribution in [-0.2, 0) is 9.53 Å². The zero-order valence-corrected chi connectivity index (χ0v) is 36.9. The summed E-state index contributed by atoms with van der Waals surface area (Å²) in [5, 5.41) is 0. The van der Waals surface area contributed by atoms with Crippen LogP contribution < -0.4 is 43.4 Å². The molecule has 3 saturated carbocycles. The zero-order chi connectivity index (χ0) is 36.6. The van der Waals surface area contributed by atoms with E-state index in [2.05, 4.69) is 69.5 Å². The van der Waals surface area contributed by atoms with E-state index in [1.165, 1.54) is 94.0 Å². The van der Waals surface area contributed by atoms with Crippen LogP contribution in [0.15, 0.2) is 60.7 Å². The Morgan fingerprint density at radius 1 is 0.907 bits per heavy atom. The number of fused-ring (bicyclic) bond motifs is 5. The van der Waals surface area contributed by atoms with Gasteiger partial charge >= 0.3 is 5.97 Å². The highest BCUT2D eigenvalue weighted by molar-refractivity contribution is 5.68. The Labute approximate surface area is 348 Å². The van der Waals surface area contributed by atoms with E-state index in [-0.39, 0.29) is 56.9 Å². The molecule has 1 aromatic rings. The highest BCUT2D eigenvalue weighted by Crippen LogP contribution is 2.66. The fourth-order valence-corrected chi connectivity index (χ4v) is 12.8. The Bertz CT molecular complexity index is 1560. The van der Waals surface area contributed by atoms with Gasteiger partial charge in [-0.2, -0.15) is 0 Å². The SMILES string of the molecule is C=CC[N+]1(CCOc2ccc(/C=C3\C[C@H]4[C@@H]5CC=C6C[C@@H]([N+]7(CC=C)CCCC7)CC[C@]6(C)[C@H]5CC[C@]4(C)[C@H]3OC(C)=O)cc2OC)CCCCC1.[Br-].[Br-]. The molecule has 300 valence electrons. The van der Waals surface area contributed by atoms with Crippen LogP contribution in [0.2, 0.25) is 0 Å². The molecule has 4 aliphatic carbocycles. The van der Waals surface area contributed by atoms with Crippen LogP contribution >= 0.6 is 0 Å². The predicted molar refractivity (Wildman–Crippen MR) is 211 cm³/mol. The molecule has 2 aliphatic heterocycles. The molecule has 6 aliphatic rings. The summed E-state index contributed by atoms with van der Waals surface area (Å²) in [4.78, 5) is 12.7. The van der Waals surface area contributed by atoms with Crippen molar-refractivity contribution in [2.75, 3.05) is 59.5 Å². The first-order valence-electron chi connectivity index (χ1n) is 20.9. The number of halogens is 2. The maximum Gasteiger partial charge on any atom is 0.303 e. The summed E-state index contributed by atoms with van der Waals surface area (Å²) in [6.45, 7) is 23.7. The fourth-order valence-electron chi connectivity index (χ4n) is 12.8. The molecule has 7 atom stereocenters. The van der Waals surface area contributed by atoms with Gasteiger partial charge in [-0.3, -0.25) is 4.79 Å². The van der Waals surface area contributed by atoms with Gasteiger partial charge in [0.15, 0.2) is 11.5 Å². The monoisotopic (exact) mass is 870 g/mol. The number of hydrogen-bond acceptors (Lipinski definition) is 4. The second-order valence-electron chi connectivity index (χ2n) is 18.3. The van der Waals surface area contributed by atoms with E-state index in [1.807, 2.05) is 0 Å². The summed E-state index contributed by atoms with van der Waals surface area (Å²) in [7, 11) is 1.73. The van der Waals surface area contributed by atoms with Crippen molar-refractivity contribution in [3.63, 3.8) is 0 Å². The average Bonchev–Trinajstić information content (AvgIpc) is 3.71. The molecule has 0 radical (unpaired) electrons. The summed E-state index contributed by atoms with van der Waals surface area (Å²) >= 11 is 0. The maximum absolute atomic E-state index is 12.7. The van der Waals surface area contributed by atoms with Gasteiger partial charge in [0.25, 0.3) is 0 Å². The van der Waals surface area contributed by atoms with E-state index in [0.717, 1.165) is 66.5 Å². The summed E-state index contributed by atoms with van der Waals surface area (Å²) in [6.07, 6.45) is 24.1. The first kappa shape index (κ1) is 43.3. The number of piperidine rings is 1. The third-order valence-electron chi connectivity index (χ3n) is 15.6. The number of methoxy groups -OCH3 is 1. The lowest BCUT2D eigenvalue weighted by atomic mass is 9.47. The minimum absolute atomic E-state index is 0. The number of benzene rings is 1. The van der Waals surface area contributed by atoms with E-state index < -0.39 is 0 Å². The van der Waals surface area contributed by atoms with Crippen LogP contribution in [0.5, 0.6) is 11.5 Å². The van der Waals surface area contributed by atoms with Crippen LogP contribution in [-0.4, -0.2) is 86.6 Å². The summed E-state index contributed by atoms with van der Waals surface area (Å²) in [5.41, 5.74) is 4.32. The number of quaternary nitrogens is 2. The molecule has 0 aromatic heterocycles. The molecule has 6 nitrogen and oxygen atoms in total. The number of nitrogens with zero attached hydrogens (tertiary/aromatic N) is 2. The standard InChI is InChI=1S/C46H68N2O4.2BrH/c1-7-22-47(24-10-9-11-25-47)28-29-51-42-17-14-35(31-43(42)50-6)30-36-32-41-39-16-15-37-33-38(48(23-8-2)26-12-13-27-48)18-20-45(37,4)40(39)19-21-46(41,5)44(36)52-34(3)49;;/h7-8,14-15,17,30-31,38-41,44H,1-2,9-13,16,18-29,32-33H2,3-6H3;2*1H/q+2;;/p-2/b36-30+;;/t38-,39+,40-,41-,44-,45-,46-;;/m0../s1. The smallest absolute Gasteiger partial charge is 0.303 e. The Kier molecular flexibility index (Phi) is 14.2. The lowest BCUT2D eigenvalue weighted by Gasteiger charge is -2.58. The van der Waals surface area contributed by atoms with Crippen molar-refractivity contribution in [2.45, 2.75) is 110 Å². The van der Waals surface area contributed by atoms with E-state index in [1.54, 1.807) is 19.6 Å².